The molecular formula is C27H31NO4. The van der Waals surface area contributed by atoms with Gasteiger partial charge in [0.25, 0.3) is 5.56 Å². The Balaban J connectivity index is 2.06. The minimum Gasteiger partial charge on any atom is -0.508 e. The Bertz CT molecular complexity index is 1090. The molecule has 2 rings (SSSR count). The highest BCUT2D eigenvalue weighted by Crippen LogP contribution is 2.31. The lowest BCUT2D eigenvalue weighted by Gasteiger charge is -2.08. The molecule has 0 aliphatic heterocycles. The summed E-state index contributed by atoms with van der Waals surface area (Å²) in [4.78, 5) is 27.3. The van der Waals surface area contributed by atoms with Crippen LogP contribution in [0.1, 0.15) is 50.4 Å². The van der Waals surface area contributed by atoms with Crippen LogP contribution in [0.2, 0.25) is 0 Å². The highest BCUT2D eigenvalue weighted by Gasteiger charge is 2.18. The molecule has 168 valence electrons. The van der Waals surface area contributed by atoms with E-state index >= 15 is 0 Å². The molecule has 1 atom stereocenters. The summed E-state index contributed by atoms with van der Waals surface area (Å²) in [7, 11) is 0. The average Bonchev–Trinajstić information content (AvgIpc) is 2.76. The molecule has 1 aromatic carbocycles. The summed E-state index contributed by atoms with van der Waals surface area (Å²) in [6.45, 7) is 6.10. The molecule has 2 aromatic rings. The van der Waals surface area contributed by atoms with Gasteiger partial charge >= 0.3 is 0 Å². The van der Waals surface area contributed by atoms with Gasteiger partial charge in [-0.2, -0.15) is 0 Å². The number of aromatic amines is 1. The largest absolute Gasteiger partial charge is 0.508 e. The van der Waals surface area contributed by atoms with Crippen LogP contribution in [0.4, 0.5) is 0 Å². The van der Waals surface area contributed by atoms with E-state index in [1.165, 1.54) is 24.4 Å². The first-order chi connectivity index (χ1) is 15.3. The van der Waals surface area contributed by atoms with Crippen LogP contribution in [0.5, 0.6) is 11.5 Å². The fraction of sp³-hybridized carbons (Fsp3) is 0.259. The number of carbonyl (C=O) groups excluding carboxylic acids is 1. The second-order valence-corrected chi connectivity index (χ2v) is 7.82. The van der Waals surface area contributed by atoms with Gasteiger partial charge in [-0.1, -0.05) is 61.1 Å². The summed E-state index contributed by atoms with van der Waals surface area (Å²) in [5.41, 5.74) is 0.842. The summed E-state index contributed by atoms with van der Waals surface area (Å²) in [6, 6.07) is 6.12. The first kappa shape index (κ1) is 24.7. The number of phenols is 1. The third kappa shape index (κ3) is 7.27. The molecule has 0 spiro atoms. The number of benzene rings is 1. The van der Waals surface area contributed by atoms with E-state index < -0.39 is 11.3 Å². The molecule has 0 bridgehead atoms. The van der Waals surface area contributed by atoms with Crippen LogP contribution in [0.15, 0.2) is 83.4 Å². The van der Waals surface area contributed by atoms with Crippen molar-refractivity contribution in [2.75, 3.05) is 0 Å². The second kappa shape index (κ2) is 12.3. The predicted octanol–water partition coefficient (Wildman–Crippen LogP) is 6.08. The maximum absolute atomic E-state index is 12.6. The minimum atomic E-state index is -0.652. The molecule has 3 N–H and O–H groups in total. The average molecular weight is 434 g/mol. The molecular weight excluding hydrogens is 402 g/mol. The van der Waals surface area contributed by atoms with Crippen LogP contribution in [0.3, 0.4) is 0 Å². The van der Waals surface area contributed by atoms with Gasteiger partial charge in [0.1, 0.15) is 17.1 Å². The summed E-state index contributed by atoms with van der Waals surface area (Å²) in [5, 5.41) is 20.0. The fourth-order valence-corrected chi connectivity index (χ4v) is 3.18. The van der Waals surface area contributed by atoms with Crippen molar-refractivity contribution < 1.29 is 15.0 Å². The number of allylic oxidation sites excluding steroid dienone is 8. The van der Waals surface area contributed by atoms with Crippen LogP contribution in [-0.4, -0.2) is 21.0 Å². The normalized spacial score (nSPS) is 13.4. The highest BCUT2D eigenvalue weighted by molar-refractivity contribution is 6.07. The van der Waals surface area contributed by atoms with Gasteiger partial charge in [0, 0.05) is 11.8 Å². The van der Waals surface area contributed by atoms with E-state index in [2.05, 4.69) is 30.1 Å². The van der Waals surface area contributed by atoms with E-state index in [1.54, 1.807) is 18.2 Å². The number of hydrogen-bond donors (Lipinski definition) is 3. The Kier molecular flexibility index (Phi) is 9.48. The number of ketones is 1. The zero-order valence-electron chi connectivity index (χ0n) is 18.8. The second-order valence-electron chi connectivity index (χ2n) is 7.82. The van der Waals surface area contributed by atoms with E-state index in [1.807, 2.05) is 26.0 Å². The number of aromatic nitrogens is 1. The maximum Gasteiger partial charge on any atom is 0.263 e. The molecule has 0 radical (unpaired) electrons. The Hall–Kier alpha value is -3.60. The number of carbonyl (C=O) groups is 1. The Morgan fingerprint density at radius 2 is 1.84 bits per heavy atom. The van der Waals surface area contributed by atoms with Gasteiger partial charge in [0.05, 0.1) is 0 Å². The van der Waals surface area contributed by atoms with E-state index in [4.69, 9.17) is 0 Å². The van der Waals surface area contributed by atoms with Crippen LogP contribution >= 0.6 is 0 Å². The van der Waals surface area contributed by atoms with Crippen molar-refractivity contribution in [1.82, 2.24) is 4.98 Å². The molecule has 1 aromatic heterocycles. The molecule has 32 heavy (non-hydrogen) atoms. The molecule has 5 heteroatoms. The van der Waals surface area contributed by atoms with E-state index in [-0.39, 0.29) is 17.1 Å². The van der Waals surface area contributed by atoms with Gasteiger partial charge in [-0.05, 0) is 62.8 Å². The van der Waals surface area contributed by atoms with Gasteiger partial charge in [0.15, 0.2) is 5.78 Å². The van der Waals surface area contributed by atoms with Crippen molar-refractivity contribution in [3.8, 4) is 22.6 Å². The zero-order chi connectivity index (χ0) is 23.5. The summed E-state index contributed by atoms with van der Waals surface area (Å²) < 4.78 is 0. The van der Waals surface area contributed by atoms with Gasteiger partial charge in [-0.25, -0.2) is 0 Å². The van der Waals surface area contributed by atoms with Crippen LogP contribution in [-0.2, 0) is 0 Å². The Morgan fingerprint density at radius 1 is 1.12 bits per heavy atom. The number of nitrogens with one attached hydrogen (secondary N) is 1. The standard InChI is InChI=1S/C27H31NO4/c1-4-5-6-7-9-19(2)10-8-11-20(3)12-17-24(30)25-26(31)23(18-28-27(25)32)21-13-15-22(29)16-14-21/h4-7,11-19,29H,8-10H2,1-3H3,(H2,28,31,32)/b5-4-,7-6+,17-12+,20-11+/t19-/m1/s1. The van der Waals surface area contributed by atoms with E-state index in [0.717, 1.165) is 24.8 Å². The SMILES string of the molecule is C/C=C\C=C\C[C@@H](C)CC/C=C(C)/C=C/C(=O)c1c(O)c(-c2ccc(O)cc2)c[nH]c1=O. The third-order valence-electron chi connectivity index (χ3n) is 5.09. The van der Waals surface area contributed by atoms with Crippen molar-refractivity contribution in [1.29, 1.82) is 0 Å². The molecule has 5 nitrogen and oxygen atoms in total. The van der Waals surface area contributed by atoms with Crippen LogP contribution in [0.25, 0.3) is 11.1 Å². The molecule has 0 saturated heterocycles. The van der Waals surface area contributed by atoms with E-state index in [9.17, 15) is 19.8 Å². The summed E-state index contributed by atoms with van der Waals surface area (Å²) >= 11 is 0. The van der Waals surface area contributed by atoms with Gasteiger partial charge in [-0.15, -0.1) is 0 Å². The number of rotatable bonds is 10. The first-order valence-electron chi connectivity index (χ1n) is 10.7. The topological polar surface area (TPSA) is 90.4 Å². The highest BCUT2D eigenvalue weighted by atomic mass is 16.3. The molecule has 0 aliphatic carbocycles. The van der Waals surface area contributed by atoms with E-state index in [0.29, 0.717) is 17.0 Å². The number of phenolic OH excluding ortho intramolecular Hbond substituents is 1. The lowest BCUT2D eigenvalue weighted by atomic mass is 10.00. The summed E-state index contributed by atoms with van der Waals surface area (Å²) in [6.07, 6.45) is 17.6. The van der Waals surface area contributed by atoms with Gasteiger partial charge < -0.3 is 15.2 Å². The van der Waals surface area contributed by atoms with Crippen molar-refractivity contribution in [2.45, 2.75) is 40.0 Å². The molecule has 0 amide bonds. The van der Waals surface area contributed by atoms with Crippen molar-refractivity contribution >= 4 is 5.78 Å². The van der Waals surface area contributed by atoms with Gasteiger partial charge in [-0.3, -0.25) is 9.59 Å². The number of pyridine rings is 1. The zero-order valence-corrected chi connectivity index (χ0v) is 18.8. The molecule has 1 heterocycles. The lowest BCUT2D eigenvalue weighted by Crippen LogP contribution is -2.16. The quantitative estimate of drug-likeness (QED) is 0.241. The minimum absolute atomic E-state index is 0.0821. The molecule has 0 aliphatic rings. The number of H-pyrrole nitrogens is 1. The first-order valence-corrected chi connectivity index (χ1v) is 10.7. The molecule has 0 unspecified atom stereocenters. The number of hydrogen-bond acceptors (Lipinski definition) is 4. The Labute approximate surface area is 189 Å². The maximum atomic E-state index is 12.6. The molecule has 0 fully saturated rings. The monoisotopic (exact) mass is 433 g/mol. The van der Waals surface area contributed by atoms with Crippen molar-refractivity contribution in [2.24, 2.45) is 5.92 Å². The predicted molar refractivity (Wildman–Crippen MR) is 130 cm³/mol. The Morgan fingerprint density at radius 3 is 2.53 bits per heavy atom. The smallest absolute Gasteiger partial charge is 0.263 e. The van der Waals surface area contributed by atoms with Crippen molar-refractivity contribution in [3.05, 3.63) is 94.5 Å². The van der Waals surface area contributed by atoms with Crippen molar-refractivity contribution in [3.63, 3.8) is 0 Å². The van der Waals surface area contributed by atoms with Crippen LogP contribution in [0, 0.1) is 5.92 Å². The molecule has 0 saturated carbocycles. The lowest BCUT2D eigenvalue weighted by molar-refractivity contribution is 0.104. The fourth-order valence-electron chi connectivity index (χ4n) is 3.18. The van der Waals surface area contributed by atoms with Crippen LogP contribution < -0.4 is 5.56 Å². The van der Waals surface area contributed by atoms with Gasteiger partial charge in [0.2, 0.25) is 0 Å². The number of aromatic hydroxyl groups is 2. The summed E-state index contributed by atoms with van der Waals surface area (Å²) in [5.74, 6) is -0.307. The third-order valence-corrected chi connectivity index (χ3v) is 5.09.